The van der Waals surface area contributed by atoms with Crippen LogP contribution in [0, 0.1) is 13.7 Å². The first-order valence-corrected chi connectivity index (χ1v) is 13.6. The molecule has 0 unspecified atom stereocenters. The first-order valence-electron chi connectivity index (χ1n) is 12.5. The van der Waals surface area contributed by atoms with Crippen molar-refractivity contribution in [1.82, 2.24) is 5.32 Å². The Kier molecular flexibility index (Phi) is 9.22. The molecule has 1 aliphatic rings. The molecule has 0 bridgehead atoms. The Hall–Kier alpha value is -4.67. The molecule has 1 N–H and O–H groups in total. The van der Waals surface area contributed by atoms with E-state index in [4.69, 9.17) is 14.2 Å². The lowest BCUT2D eigenvalue weighted by atomic mass is 10.1. The summed E-state index contributed by atoms with van der Waals surface area (Å²) in [4.78, 5) is 49.9. The van der Waals surface area contributed by atoms with Crippen molar-refractivity contribution in [2.24, 2.45) is 0 Å². The van der Waals surface area contributed by atoms with E-state index in [2.05, 4.69) is 5.32 Å². The molecule has 0 radical (unpaired) electrons. The number of urea groups is 1. The van der Waals surface area contributed by atoms with Gasteiger partial charge in [-0.15, -0.1) is 0 Å². The van der Waals surface area contributed by atoms with Gasteiger partial charge in [-0.05, 0) is 96.6 Å². The van der Waals surface area contributed by atoms with Crippen LogP contribution in [0.15, 0.2) is 60.2 Å². The van der Waals surface area contributed by atoms with Crippen LogP contribution < -0.4 is 24.4 Å². The maximum absolute atomic E-state index is 13.3. The molecular weight excluding hydrogens is 690 g/mol. The maximum atomic E-state index is 13.3. The second kappa shape index (κ2) is 12.7. The summed E-state index contributed by atoms with van der Waals surface area (Å²) in [6.45, 7) is 3.95. The van der Waals surface area contributed by atoms with Gasteiger partial charge < -0.3 is 14.2 Å². The van der Waals surface area contributed by atoms with Crippen molar-refractivity contribution in [1.29, 1.82) is 0 Å². The van der Waals surface area contributed by atoms with Gasteiger partial charge in [0.15, 0.2) is 11.5 Å². The lowest BCUT2D eigenvalue weighted by Crippen LogP contribution is -2.54. The minimum Gasteiger partial charge on any atom is -0.494 e. The summed E-state index contributed by atoms with van der Waals surface area (Å²) in [7, 11) is 0. The van der Waals surface area contributed by atoms with Crippen LogP contribution in [0.1, 0.15) is 25.0 Å². The molecule has 15 heteroatoms. The fraction of sp³-hybridized carbons (Fsp3) is 0.179. The number of benzene rings is 3. The molecule has 0 aromatic heterocycles. The Labute approximate surface area is 255 Å². The molecule has 43 heavy (non-hydrogen) atoms. The summed E-state index contributed by atoms with van der Waals surface area (Å²) in [6.07, 6.45) is -3.58. The summed E-state index contributed by atoms with van der Waals surface area (Å²) in [5.41, 5.74) is -2.06. The molecule has 224 valence electrons. The topological polar surface area (TPSA) is 137 Å². The molecule has 0 saturated carbocycles. The number of hydrogen-bond acceptors (Lipinski definition) is 8. The number of halogens is 4. The van der Waals surface area contributed by atoms with Gasteiger partial charge in [0.25, 0.3) is 11.8 Å². The predicted octanol–water partition coefficient (Wildman–Crippen LogP) is 6.47. The van der Waals surface area contributed by atoms with Gasteiger partial charge in [0.2, 0.25) is 5.75 Å². The number of amides is 4. The van der Waals surface area contributed by atoms with Crippen LogP contribution in [0.4, 0.5) is 29.3 Å². The summed E-state index contributed by atoms with van der Waals surface area (Å²) in [5.74, 6) is -1.80. The number of alkyl halides is 3. The number of nitrogens with one attached hydrogen (secondary N) is 1. The number of nitrogens with zero attached hydrogens (tertiary/aromatic N) is 2. The molecule has 1 saturated heterocycles. The van der Waals surface area contributed by atoms with E-state index in [9.17, 15) is 37.7 Å². The molecule has 4 amide bonds. The number of hydrogen-bond donors (Lipinski definition) is 1. The average molecular weight is 711 g/mol. The summed E-state index contributed by atoms with van der Waals surface area (Å²) in [6, 6.07) is 9.85. The minimum atomic E-state index is -4.81. The average Bonchev–Trinajstić information content (AvgIpc) is 2.93. The molecule has 3 aromatic rings. The monoisotopic (exact) mass is 711 g/mol. The number of nitro groups is 1. The van der Waals surface area contributed by atoms with Crippen molar-refractivity contribution in [3.05, 3.63) is 85.0 Å². The first-order chi connectivity index (χ1) is 20.3. The van der Waals surface area contributed by atoms with E-state index in [1.165, 1.54) is 30.3 Å². The minimum absolute atomic E-state index is 0.0264. The predicted molar refractivity (Wildman–Crippen MR) is 155 cm³/mol. The van der Waals surface area contributed by atoms with Crippen LogP contribution >= 0.6 is 22.6 Å². The Morgan fingerprint density at radius 1 is 0.977 bits per heavy atom. The van der Waals surface area contributed by atoms with E-state index in [0.717, 1.165) is 11.0 Å². The Morgan fingerprint density at radius 2 is 1.65 bits per heavy atom. The number of carbonyl (C=O) groups is 3. The zero-order valence-corrected chi connectivity index (χ0v) is 24.5. The molecule has 0 aliphatic carbocycles. The number of nitro benzene ring substituents is 1. The van der Waals surface area contributed by atoms with Crippen molar-refractivity contribution >= 4 is 57.9 Å². The van der Waals surface area contributed by atoms with Gasteiger partial charge in [-0.3, -0.25) is 25.0 Å². The van der Waals surface area contributed by atoms with Crippen molar-refractivity contribution in [2.45, 2.75) is 20.0 Å². The molecule has 1 fully saturated rings. The van der Waals surface area contributed by atoms with Crippen molar-refractivity contribution in [2.75, 3.05) is 18.1 Å². The van der Waals surface area contributed by atoms with Gasteiger partial charge in [0.05, 0.1) is 33.0 Å². The Bertz CT molecular complexity index is 1640. The fourth-order valence-electron chi connectivity index (χ4n) is 3.98. The highest BCUT2D eigenvalue weighted by Gasteiger charge is 2.37. The summed E-state index contributed by atoms with van der Waals surface area (Å²) < 4.78 is 56.3. The number of carbonyl (C=O) groups excluding carboxylic acids is 3. The second-order valence-electron chi connectivity index (χ2n) is 8.69. The van der Waals surface area contributed by atoms with E-state index >= 15 is 0 Å². The smallest absolute Gasteiger partial charge is 0.416 e. The SMILES string of the molecule is CCOc1ccc(N2C(=O)NC(=O)/C(=C\c3cc(I)c(Oc4ccc(C(F)(F)F)cc4[N+](=O)[O-])c(OCC)c3)C2=O)cc1. The van der Waals surface area contributed by atoms with Gasteiger partial charge in [0, 0.05) is 6.07 Å². The first kappa shape index (κ1) is 31.3. The van der Waals surface area contributed by atoms with E-state index in [1.807, 2.05) is 22.6 Å². The van der Waals surface area contributed by atoms with E-state index in [-0.39, 0.29) is 38.5 Å². The molecule has 4 rings (SSSR count). The van der Waals surface area contributed by atoms with Gasteiger partial charge in [-0.25, -0.2) is 9.69 Å². The number of anilines is 1. The van der Waals surface area contributed by atoms with E-state index in [1.54, 1.807) is 26.0 Å². The third kappa shape index (κ3) is 6.87. The van der Waals surface area contributed by atoms with Gasteiger partial charge >= 0.3 is 17.9 Å². The van der Waals surface area contributed by atoms with Gasteiger partial charge in [0.1, 0.15) is 11.3 Å². The van der Waals surface area contributed by atoms with Crippen LogP contribution in [-0.4, -0.2) is 36.0 Å². The molecule has 11 nitrogen and oxygen atoms in total. The lowest BCUT2D eigenvalue weighted by molar-refractivity contribution is -0.385. The van der Waals surface area contributed by atoms with Gasteiger partial charge in [-0.1, -0.05) is 0 Å². The Morgan fingerprint density at radius 3 is 2.26 bits per heavy atom. The van der Waals surface area contributed by atoms with Crippen molar-refractivity contribution < 1.29 is 46.7 Å². The third-order valence-corrected chi connectivity index (χ3v) is 6.65. The highest BCUT2D eigenvalue weighted by Crippen LogP contribution is 2.43. The number of imide groups is 2. The molecule has 0 spiro atoms. The van der Waals surface area contributed by atoms with E-state index in [0.29, 0.717) is 24.5 Å². The molecule has 3 aromatic carbocycles. The fourth-order valence-corrected chi connectivity index (χ4v) is 4.72. The zero-order chi connectivity index (χ0) is 31.5. The largest absolute Gasteiger partial charge is 0.494 e. The third-order valence-electron chi connectivity index (χ3n) is 5.85. The molecule has 1 heterocycles. The maximum Gasteiger partial charge on any atom is 0.416 e. The highest BCUT2D eigenvalue weighted by atomic mass is 127. The number of ether oxygens (including phenoxy) is 3. The van der Waals surface area contributed by atoms with Crippen LogP contribution in [-0.2, 0) is 15.8 Å². The van der Waals surface area contributed by atoms with Crippen LogP contribution in [0.5, 0.6) is 23.0 Å². The second-order valence-corrected chi connectivity index (χ2v) is 9.85. The van der Waals surface area contributed by atoms with Crippen LogP contribution in [0.3, 0.4) is 0 Å². The normalized spacial score (nSPS) is 14.5. The molecule has 1 aliphatic heterocycles. The number of rotatable bonds is 9. The van der Waals surface area contributed by atoms with Crippen LogP contribution in [0.2, 0.25) is 0 Å². The van der Waals surface area contributed by atoms with Crippen molar-refractivity contribution in [3.63, 3.8) is 0 Å². The zero-order valence-electron chi connectivity index (χ0n) is 22.4. The molecular formula is C28H21F3IN3O8. The van der Waals surface area contributed by atoms with E-state index < -0.39 is 45.9 Å². The lowest BCUT2D eigenvalue weighted by Gasteiger charge is -2.26. The van der Waals surface area contributed by atoms with Crippen molar-refractivity contribution in [3.8, 4) is 23.0 Å². The standard InChI is InChI=1S/C28H21F3IN3O8/c1-3-41-18-8-6-17(7-9-18)34-26(37)19(25(36)33-27(34)38)11-15-12-20(32)24(23(13-15)42-4-2)43-22-10-5-16(28(29,30)31)14-21(22)35(39)40/h5-14H,3-4H2,1-2H3,(H,33,36,38)/b19-11+. The quantitative estimate of drug-likeness (QED) is 0.0877. The number of barbiturate groups is 1. The Balaban J connectivity index is 1.71. The summed E-state index contributed by atoms with van der Waals surface area (Å²) >= 11 is 1.81. The highest BCUT2D eigenvalue weighted by molar-refractivity contribution is 14.1. The summed E-state index contributed by atoms with van der Waals surface area (Å²) in [5, 5.41) is 13.7. The molecule has 0 atom stereocenters. The van der Waals surface area contributed by atoms with Crippen LogP contribution in [0.25, 0.3) is 6.08 Å². The van der Waals surface area contributed by atoms with Gasteiger partial charge in [-0.2, -0.15) is 13.2 Å².